The van der Waals surface area contributed by atoms with E-state index in [0.29, 0.717) is 0 Å². The number of rotatable bonds is 4. The second kappa shape index (κ2) is 7.12. The zero-order valence-corrected chi connectivity index (χ0v) is 13.3. The van der Waals surface area contributed by atoms with E-state index in [9.17, 15) is 32.3 Å². The van der Waals surface area contributed by atoms with Crippen LogP contribution in [-0.2, 0) is 15.1 Å². The van der Waals surface area contributed by atoms with Crippen LogP contribution in [0, 0.1) is 5.82 Å². The summed E-state index contributed by atoms with van der Waals surface area (Å²) in [6.07, 6.45) is -5.31. The smallest absolute Gasteiger partial charge is 0.432 e. The van der Waals surface area contributed by atoms with Gasteiger partial charge in [-0.25, -0.2) is 9.18 Å². The molecule has 1 amide bonds. The van der Waals surface area contributed by atoms with E-state index in [4.69, 9.17) is 0 Å². The lowest BCUT2D eigenvalue weighted by molar-refractivity contribution is -0.266. The third-order valence-electron chi connectivity index (χ3n) is 3.56. The quantitative estimate of drug-likeness (QED) is 0.640. The molecule has 2 rings (SSSR count). The number of nitrogens with one attached hydrogen (secondary N) is 1. The molecular weight excluding hydrogens is 358 g/mol. The van der Waals surface area contributed by atoms with Crippen LogP contribution in [0.2, 0.25) is 0 Å². The maximum Gasteiger partial charge on any atom is 0.432 e. The van der Waals surface area contributed by atoms with Gasteiger partial charge in [0.2, 0.25) is 0 Å². The molecule has 0 bridgehead atoms. The molecule has 2 N–H and O–H groups in total. The van der Waals surface area contributed by atoms with Crippen molar-refractivity contribution in [3.63, 3.8) is 0 Å². The summed E-state index contributed by atoms with van der Waals surface area (Å²) in [5.74, 6) is -3.02. The Labute approximate surface area is 145 Å². The number of benzene rings is 2. The fourth-order valence-corrected chi connectivity index (χ4v) is 2.14. The average molecular weight is 371 g/mol. The number of anilines is 1. The lowest BCUT2D eigenvalue weighted by atomic mass is 9.93. The Bertz CT molecular complexity index is 803. The maximum absolute atomic E-state index is 13.1. The molecule has 0 saturated heterocycles. The SMILES string of the molecule is COC(=O)[C@](O)(c1ccc(NC(=O)c2ccc(F)cc2)cc1)C(F)(F)F. The summed E-state index contributed by atoms with van der Waals surface area (Å²) < 4.78 is 56.3. The van der Waals surface area contributed by atoms with Gasteiger partial charge in [-0.3, -0.25) is 4.79 Å². The Balaban J connectivity index is 2.25. The van der Waals surface area contributed by atoms with Crippen LogP contribution < -0.4 is 5.32 Å². The zero-order chi connectivity index (χ0) is 19.5. The number of carbonyl (C=O) groups excluding carboxylic acids is 2. The average Bonchev–Trinajstić information content (AvgIpc) is 2.60. The van der Waals surface area contributed by atoms with Crippen LogP contribution in [-0.4, -0.2) is 30.3 Å². The van der Waals surface area contributed by atoms with Crippen molar-refractivity contribution >= 4 is 17.6 Å². The molecule has 0 fully saturated rings. The first-order chi connectivity index (χ1) is 12.1. The normalized spacial score (nSPS) is 13.6. The molecule has 2 aromatic rings. The fourth-order valence-electron chi connectivity index (χ4n) is 2.14. The molecule has 0 radical (unpaired) electrons. The molecule has 0 spiro atoms. The van der Waals surface area contributed by atoms with Gasteiger partial charge in [-0.05, 0) is 36.4 Å². The first kappa shape index (κ1) is 19.4. The van der Waals surface area contributed by atoms with Crippen LogP contribution in [0.25, 0.3) is 0 Å². The molecule has 5 nitrogen and oxygen atoms in total. The van der Waals surface area contributed by atoms with Crippen LogP contribution in [0.15, 0.2) is 48.5 Å². The molecule has 0 aliphatic heterocycles. The molecule has 0 aliphatic rings. The van der Waals surface area contributed by atoms with Gasteiger partial charge >= 0.3 is 12.1 Å². The zero-order valence-electron chi connectivity index (χ0n) is 13.3. The lowest BCUT2D eigenvalue weighted by Crippen LogP contribution is -2.49. The highest BCUT2D eigenvalue weighted by Crippen LogP contribution is 2.40. The number of carbonyl (C=O) groups is 2. The minimum absolute atomic E-state index is 0.109. The van der Waals surface area contributed by atoms with Gasteiger partial charge in [0, 0.05) is 16.8 Å². The number of esters is 1. The number of hydrogen-bond acceptors (Lipinski definition) is 4. The van der Waals surface area contributed by atoms with Crippen LogP contribution in [0.4, 0.5) is 23.2 Å². The second-order valence-electron chi connectivity index (χ2n) is 5.24. The minimum Gasteiger partial charge on any atom is -0.466 e. The van der Waals surface area contributed by atoms with Gasteiger partial charge in [0.15, 0.2) is 0 Å². The number of halogens is 4. The van der Waals surface area contributed by atoms with E-state index in [0.717, 1.165) is 43.5 Å². The Morgan fingerprint density at radius 2 is 1.54 bits per heavy atom. The van der Waals surface area contributed by atoms with Crippen LogP contribution in [0.3, 0.4) is 0 Å². The Hall–Kier alpha value is -2.94. The summed E-state index contributed by atoms with van der Waals surface area (Å²) >= 11 is 0. The number of hydrogen-bond donors (Lipinski definition) is 2. The van der Waals surface area contributed by atoms with E-state index in [-0.39, 0.29) is 11.3 Å². The third kappa shape index (κ3) is 3.67. The molecular formula is C17H13F4NO4. The van der Waals surface area contributed by atoms with Crippen molar-refractivity contribution in [3.05, 3.63) is 65.5 Å². The van der Waals surface area contributed by atoms with E-state index in [1.807, 2.05) is 0 Å². The van der Waals surface area contributed by atoms with E-state index < -0.39 is 35.0 Å². The van der Waals surface area contributed by atoms with Crippen LogP contribution in [0.5, 0.6) is 0 Å². The van der Waals surface area contributed by atoms with E-state index >= 15 is 0 Å². The summed E-state index contributed by atoms with van der Waals surface area (Å²) in [4.78, 5) is 23.4. The Morgan fingerprint density at radius 3 is 2.00 bits per heavy atom. The summed E-state index contributed by atoms with van der Waals surface area (Å²) in [5.41, 5.74) is -4.35. The van der Waals surface area contributed by atoms with Gasteiger partial charge < -0.3 is 15.2 Å². The van der Waals surface area contributed by atoms with Crippen molar-refractivity contribution in [2.24, 2.45) is 0 Å². The molecule has 9 heteroatoms. The molecule has 1 atom stereocenters. The number of methoxy groups -OCH3 is 1. The van der Waals surface area contributed by atoms with Crippen molar-refractivity contribution in [2.75, 3.05) is 12.4 Å². The van der Waals surface area contributed by atoms with Crippen molar-refractivity contribution in [1.82, 2.24) is 0 Å². The molecule has 0 heterocycles. The highest BCUT2D eigenvalue weighted by atomic mass is 19.4. The van der Waals surface area contributed by atoms with Gasteiger partial charge in [0.1, 0.15) is 5.82 Å². The first-order valence-electron chi connectivity index (χ1n) is 7.14. The first-order valence-corrected chi connectivity index (χ1v) is 7.14. The molecule has 0 unspecified atom stereocenters. The predicted molar refractivity (Wildman–Crippen MR) is 82.8 cm³/mol. The summed E-state index contributed by atoms with van der Waals surface area (Å²) in [7, 11) is 0.719. The molecule has 2 aromatic carbocycles. The molecule has 138 valence electrons. The summed E-state index contributed by atoms with van der Waals surface area (Å²) in [6, 6.07) is 8.47. The van der Waals surface area contributed by atoms with Crippen molar-refractivity contribution in [1.29, 1.82) is 0 Å². The number of aliphatic hydroxyl groups is 1. The van der Waals surface area contributed by atoms with Crippen molar-refractivity contribution in [3.8, 4) is 0 Å². The van der Waals surface area contributed by atoms with E-state index in [1.165, 1.54) is 12.1 Å². The summed E-state index contributed by atoms with van der Waals surface area (Å²) in [5, 5.41) is 12.2. The van der Waals surface area contributed by atoms with E-state index in [1.54, 1.807) is 0 Å². The monoisotopic (exact) mass is 371 g/mol. The number of amides is 1. The van der Waals surface area contributed by atoms with Crippen LogP contribution >= 0.6 is 0 Å². The Morgan fingerprint density at radius 1 is 1.00 bits per heavy atom. The van der Waals surface area contributed by atoms with E-state index in [2.05, 4.69) is 10.1 Å². The predicted octanol–water partition coefficient (Wildman–Crippen LogP) is 3.00. The molecule has 0 aliphatic carbocycles. The van der Waals surface area contributed by atoms with Crippen LogP contribution in [0.1, 0.15) is 15.9 Å². The topological polar surface area (TPSA) is 75.6 Å². The van der Waals surface area contributed by atoms with Gasteiger partial charge in [-0.2, -0.15) is 13.2 Å². The van der Waals surface area contributed by atoms with Crippen molar-refractivity contribution < 1.29 is 37.0 Å². The van der Waals surface area contributed by atoms with Crippen molar-refractivity contribution in [2.45, 2.75) is 11.8 Å². The maximum atomic E-state index is 13.1. The largest absolute Gasteiger partial charge is 0.466 e. The number of ether oxygens (including phenoxy) is 1. The minimum atomic E-state index is -5.31. The highest BCUT2D eigenvalue weighted by molar-refractivity contribution is 6.04. The fraction of sp³-hybridized carbons (Fsp3) is 0.176. The highest BCUT2D eigenvalue weighted by Gasteiger charge is 2.62. The molecule has 0 aromatic heterocycles. The van der Waals surface area contributed by atoms with Gasteiger partial charge in [-0.15, -0.1) is 0 Å². The third-order valence-corrected chi connectivity index (χ3v) is 3.56. The van der Waals surface area contributed by atoms with Gasteiger partial charge in [-0.1, -0.05) is 12.1 Å². The second-order valence-corrected chi connectivity index (χ2v) is 5.24. The molecule has 0 saturated carbocycles. The van der Waals surface area contributed by atoms with Gasteiger partial charge in [0.25, 0.3) is 11.5 Å². The van der Waals surface area contributed by atoms with Gasteiger partial charge in [0.05, 0.1) is 7.11 Å². The lowest BCUT2D eigenvalue weighted by Gasteiger charge is -2.28. The summed E-state index contributed by atoms with van der Waals surface area (Å²) in [6.45, 7) is 0. The standard InChI is InChI=1S/C17H13F4NO4/c1-26-15(24)16(25,17(19,20)21)11-4-8-13(9-5-11)22-14(23)10-2-6-12(18)7-3-10/h2-9,25H,1H3,(H,22,23)/t16-/m1/s1. The number of alkyl halides is 3. The molecule has 26 heavy (non-hydrogen) atoms. The Kier molecular flexibility index (Phi) is 5.31.